The maximum atomic E-state index is 13.1. The summed E-state index contributed by atoms with van der Waals surface area (Å²) in [4.78, 5) is 23.6. The number of carbonyl (C=O) groups is 2. The lowest BCUT2D eigenvalue weighted by atomic mass is 10.1. The topological polar surface area (TPSA) is 77.5 Å². The molecule has 0 radical (unpaired) electrons. The standard InChI is InChI=1S/C21H22O5S/c1-16-8-11-19(12-9-16)27(24,25)20(14-17-6-4-3-5-7-17)15-18(22)10-13-21(23)26-2/h3-13,20H,14-15H2,1-2H3/b13-10+. The molecule has 0 aliphatic heterocycles. The van der Waals surface area contributed by atoms with Crippen molar-refractivity contribution in [1.82, 2.24) is 0 Å². The minimum absolute atomic E-state index is 0.179. The summed E-state index contributed by atoms with van der Waals surface area (Å²) >= 11 is 0. The fourth-order valence-corrected chi connectivity index (χ4v) is 4.31. The largest absolute Gasteiger partial charge is 0.466 e. The lowest BCUT2D eigenvalue weighted by Gasteiger charge is -2.17. The van der Waals surface area contributed by atoms with E-state index in [1.807, 2.05) is 37.3 Å². The first-order chi connectivity index (χ1) is 12.8. The summed E-state index contributed by atoms with van der Waals surface area (Å²) in [5.74, 6) is -1.11. The third-order valence-electron chi connectivity index (χ3n) is 4.13. The maximum absolute atomic E-state index is 13.1. The van der Waals surface area contributed by atoms with E-state index in [9.17, 15) is 18.0 Å². The molecule has 142 valence electrons. The molecule has 0 heterocycles. The highest BCUT2D eigenvalue weighted by atomic mass is 32.2. The highest BCUT2D eigenvalue weighted by molar-refractivity contribution is 7.92. The SMILES string of the molecule is COC(=O)/C=C/C(=O)CC(Cc1ccccc1)S(=O)(=O)c1ccc(C)cc1. The monoisotopic (exact) mass is 386 g/mol. The molecule has 27 heavy (non-hydrogen) atoms. The van der Waals surface area contributed by atoms with Gasteiger partial charge in [0.1, 0.15) is 0 Å². The number of benzene rings is 2. The van der Waals surface area contributed by atoms with Gasteiger partial charge in [0, 0.05) is 12.5 Å². The fraction of sp³-hybridized carbons (Fsp3) is 0.238. The van der Waals surface area contributed by atoms with Crippen molar-refractivity contribution in [3.05, 3.63) is 77.9 Å². The van der Waals surface area contributed by atoms with Gasteiger partial charge in [-0.3, -0.25) is 4.79 Å². The van der Waals surface area contributed by atoms with Crippen LogP contribution in [0.25, 0.3) is 0 Å². The molecule has 0 aliphatic carbocycles. The Morgan fingerprint density at radius 3 is 2.22 bits per heavy atom. The van der Waals surface area contributed by atoms with Crippen molar-refractivity contribution in [2.75, 3.05) is 7.11 Å². The predicted octanol–water partition coefficient (Wildman–Crippen LogP) is 3.07. The quantitative estimate of drug-likeness (QED) is 0.515. The van der Waals surface area contributed by atoms with Crippen molar-refractivity contribution in [1.29, 1.82) is 0 Å². The number of ketones is 1. The number of rotatable bonds is 8. The van der Waals surface area contributed by atoms with E-state index < -0.39 is 26.8 Å². The van der Waals surface area contributed by atoms with Gasteiger partial charge in [-0.05, 0) is 37.1 Å². The van der Waals surface area contributed by atoms with Crippen LogP contribution in [0.4, 0.5) is 0 Å². The van der Waals surface area contributed by atoms with E-state index in [-0.39, 0.29) is 17.7 Å². The summed E-state index contributed by atoms with van der Waals surface area (Å²) in [6.07, 6.45) is 2.04. The van der Waals surface area contributed by atoms with Crippen LogP contribution in [0.3, 0.4) is 0 Å². The lowest BCUT2D eigenvalue weighted by molar-refractivity contribution is -0.135. The fourth-order valence-electron chi connectivity index (χ4n) is 2.61. The number of hydrogen-bond acceptors (Lipinski definition) is 5. The Labute approximate surface area is 159 Å². The van der Waals surface area contributed by atoms with Crippen LogP contribution < -0.4 is 0 Å². The number of hydrogen-bond donors (Lipinski definition) is 0. The molecule has 1 unspecified atom stereocenters. The highest BCUT2D eigenvalue weighted by Gasteiger charge is 2.29. The Morgan fingerprint density at radius 2 is 1.63 bits per heavy atom. The van der Waals surface area contributed by atoms with Crippen molar-refractivity contribution >= 4 is 21.6 Å². The van der Waals surface area contributed by atoms with Crippen LogP contribution in [0, 0.1) is 6.92 Å². The number of aryl methyl sites for hydroxylation is 1. The zero-order valence-corrected chi connectivity index (χ0v) is 16.1. The molecule has 2 aromatic rings. The first-order valence-electron chi connectivity index (χ1n) is 8.46. The van der Waals surface area contributed by atoms with E-state index >= 15 is 0 Å². The van der Waals surface area contributed by atoms with Crippen molar-refractivity contribution in [3.63, 3.8) is 0 Å². The zero-order chi connectivity index (χ0) is 19.9. The highest BCUT2D eigenvalue weighted by Crippen LogP contribution is 2.23. The summed E-state index contributed by atoms with van der Waals surface area (Å²) in [7, 11) is -2.52. The molecule has 0 saturated heterocycles. The number of esters is 1. The number of carbonyl (C=O) groups excluding carboxylic acids is 2. The predicted molar refractivity (Wildman–Crippen MR) is 103 cm³/mol. The molecule has 0 bridgehead atoms. The minimum Gasteiger partial charge on any atom is -0.466 e. The van der Waals surface area contributed by atoms with Crippen molar-refractivity contribution in [2.24, 2.45) is 0 Å². The Balaban J connectivity index is 2.31. The van der Waals surface area contributed by atoms with Gasteiger partial charge >= 0.3 is 5.97 Å². The van der Waals surface area contributed by atoms with E-state index in [0.717, 1.165) is 23.3 Å². The molecule has 1 atom stereocenters. The van der Waals surface area contributed by atoms with Crippen LogP contribution in [-0.2, 0) is 30.6 Å². The smallest absolute Gasteiger partial charge is 0.330 e. The van der Waals surface area contributed by atoms with Crippen LogP contribution >= 0.6 is 0 Å². The van der Waals surface area contributed by atoms with Gasteiger partial charge < -0.3 is 4.74 Å². The molecule has 0 N–H and O–H groups in total. The second-order valence-electron chi connectivity index (χ2n) is 6.20. The summed E-state index contributed by atoms with van der Waals surface area (Å²) in [5, 5.41) is -0.933. The Hall–Kier alpha value is -2.73. The first-order valence-corrected chi connectivity index (χ1v) is 10.0. The summed E-state index contributed by atoms with van der Waals surface area (Å²) in [6.45, 7) is 1.87. The molecule has 5 nitrogen and oxygen atoms in total. The second kappa shape index (κ2) is 9.28. The molecule has 2 aromatic carbocycles. The molecule has 6 heteroatoms. The molecule has 0 aromatic heterocycles. The molecule has 0 spiro atoms. The van der Waals surface area contributed by atoms with Gasteiger partial charge in [-0.2, -0.15) is 0 Å². The number of methoxy groups -OCH3 is 1. The molecule has 0 saturated carbocycles. The summed E-state index contributed by atoms with van der Waals surface area (Å²) < 4.78 is 30.7. The van der Waals surface area contributed by atoms with Crippen molar-refractivity contribution in [3.8, 4) is 0 Å². The van der Waals surface area contributed by atoms with Crippen molar-refractivity contribution in [2.45, 2.75) is 29.9 Å². The molecular weight excluding hydrogens is 364 g/mol. The van der Waals surface area contributed by atoms with Gasteiger partial charge in [-0.25, -0.2) is 13.2 Å². The van der Waals surface area contributed by atoms with Crippen LogP contribution in [-0.4, -0.2) is 32.5 Å². The maximum Gasteiger partial charge on any atom is 0.330 e. The lowest BCUT2D eigenvalue weighted by Crippen LogP contribution is -2.27. The first kappa shape index (κ1) is 20.6. The molecular formula is C21H22O5S. The van der Waals surface area contributed by atoms with Crippen LogP contribution in [0.1, 0.15) is 17.5 Å². The van der Waals surface area contributed by atoms with Gasteiger partial charge in [-0.15, -0.1) is 0 Å². The van der Waals surface area contributed by atoms with Crippen LogP contribution in [0.5, 0.6) is 0 Å². The van der Waals surface area contributed by atoms with Crippen LogP contribution in [0.15, 0.2) is 71.6 Å². The zero-order valence-electron chi connectivity index (χ0n) is 15.3. The van der Waals surface area contributed by atoms with E-state index in [1.165, 1.54) is 7.11 Å². The molecule has 2 rings (SSSR count). The van der Waals surface area contributed by atoms with Crippen molar-refractivity contribution < 1.29 is 22.7 Å². The molecule has 0 aliphatic rings. The van der Waals surface area contributed by atoms with Gasteiger partial charge in [0.15, 0.2) is 15.6 Å². The number of allylic oxidation sites excluding steroid dienone is 1. The molecule has 0 fully saturated rings. The average Bonchev–Trinajstić information content (AvgIpc) is 2.66. The van der Waals surface area contributed by atoms with E-state index in [1.54, 1.807) is 24.3 Å². The van der Waals surface area contributed by atoms with E-state index in [4.69, 9.17) is 0 Å². The molecule has 0 amide bonds. The minimum atomic E-state index is -3.73. The third kappa shape index (κ3) is 5.89. The van der Waals surface area contributed by atoms with Gasteiger partial charge in [0.05, 0.1) is 17.3 Å². The average molecular weight is 386 g/mol. The summed E-state index contributed by atoms with van der Waals surface area (Å²) in [6, 6.07) is 15.7. The Kier molecular flexibility index (Phi) is 7.07. The van der Waals surface area contributed by atoms with Crippen LogP contribution in [0.2, 0.25) is 0 Å². The number of ether oxygens (including phenoxy) is 1. The Bertz CT molecular complexity index is 913. The number of sulfone groups is 1. The van der Waals surface area contributed by atoms with Gasteiger partial charge in [0.2, 0.25) is 0 Å². The Morgan fingerprint density at radius 1 is 1.00 bits per heavy atom. The van der Waals surface area contributed by atoms with E-state index in [0.29, 0.717) is 0 Å². The summed E-state index contributed by atoms with van der Waals surface area (Å²) in [5.41, 5.74) is 1.77. The third-order valence-corrected chi connectivity index (χ3v) is 6.27. The van der Waals surface area contributed by atoms with Gasteiger partial charge in [0.25, 0.3) is 0 Å². The normalized spacial score (nSPS) is 12.7. The van der Waals surface area contributed by atoms with E-state index in [2.05, 4.69) is 4.74 Å². The second-order valence-corrected chi connectivity index (χ2v) is 8.42. The van der Waals surface area contributed by atoms with Gasteiger partial charge in [-0.1, -0.05) is 48.0 Å².